The van der Waals surface area contributed by atoms with Crippen LogP contribution in [0.1, 0.15) is 0 Å². The van der Waals surface area contributed by atoms with Gasteiger partial charge in [-0.2, -0.15) is 4.73 Å². The molecule has 0 amide bonds. The molecular formula is C18H11FN4O4. The number of hydrogen-bond donors (Lipinski definition) is 1. The van der Waals surface area contributed by atoms with Crippen molar-refractivity contribution in [3.63, 3.8) is 0 Å². The molecule has 134 valence electrons. The Labute approximate surface area is 151 Å². The summed E-state index contributed by atoms with van der Waals surface area (Å²) >= 11 is 0. The van der Waals surface area contributed by atoms with Gasteiger partial charge in [0.15, 0.2) is 11.5 Å². The molecule has 8 nitrogen and oxygen atoms in total. The van der Waals surface area contributed by atoms with Crippen LogP contribution in [0.4, 0.5) is 10.1 Å². The second-order valence-electron chi connectivity index (χ2n) is 5.63. The number of fused-ring (bicyclic) bond motifs is 1. The first-order valence-electron chi connectivity index (χ1n) is 7.77. The zero-order valence-electron chi connectivity index (χ0n) is 13.6. The molecule has 0 saturated carbocycles. The molecule has 0 atom stereocenters. The zero-order chi connectivity index (χ0) is 19.0. The van der Waals surface area contributed by atoms with Crippen molar-refractivity contribution in [2.45, 2.75) is 0 Å². The minimum Gasteiger partial charge on any atom is -0.450 e. The molecule has 0 bridgehead atoms. The molecule has 4 aromatic rings. The molecule has 0 unspecified atom stereocenters. The van der Waals surface area contributed by atoms with E-state index in [0.29, 0.717) is 10.9 Å². The lowest BCUT2D eigenvalue weighted by atomic mass is 10.1. The van der Waals surface area contributed by atoms with Gasteiger partial charge in [-0.05, 0) is 42.5 Å². The normalized spacial score (nSPS) is 10.9. The third-order valence-corrected chi connectivity index (χ3v) is 3.86. The molecule has 2 aromatic heterocycles. The Morgan fingerprint density at radius 1 is 1.15 bits per heavy atom. The van der Waals surface area contributed by atoms with Crippen molar-refractivity contribution in [3.05, 3.63) is 76.9 Å². The fraction of sp³-hybridized carbons (Fsp3) is 0. The summed E-state index contributed by atoms with van der Waals surface area (Å²) in [6.07, 6.45) is 2.93. The number of hydrogen-bond acceptors (Lipinski definition) is 6. The van der Waals surface area contributed by atoms with Crippen molar-refractivity contribution < 1.29 is 19.3 Å². The summed E-state index contributed by atoms with van der Waals surface area (Å²) in [5, 5.41) is 21.8. The summed E-state index contributed by atoms with van der Waals surface area (Å²) in [6.45, 7) is 0. The summed E-state index contributed by atoms with van der Waals surface area (Å²) < 4.78 is 19.3. The van der Waals surface area contributed by atoms with Gasteiger partial charge < -0.3 is 9.94 Å². The average molecular weight is 366 g/mol. The molecule has 1 N–H and O–H groups in total. The van der Waals surface area contributed by atoms with E-state index in [1.807, 2.05) is 0 Å². The fourth-order valence-electron chi connectivity index (χ4n) is 2.56. The molecule has 4 rings (SSSR count). The molecule has 0 spiro atoms. The van der Waals surface area contributed by atoms with Gasteiger partial charge in [0.05, 0.1) is 4.92 Å². The predicted molar refractivity (Wildman–Crippen MR) is 93.3 cm³/mol. The Balaban J connectivity index is 1.74. The van der Waals surface area contributed by atoms with Crippen LogP contribution in [0.5, 0.6) is 11.5 Å². The first-order valence-corrected chi connectivity index (χ1v) is 7.77. The van der Waals surface area contributed by atoms with E-state index in [2.05, 4.69) is 9.97 Å². The lowest BCUT2D eigenvalue weighted by Gasteiger charge is -2.08. The standard InChI is InChI=1S/C18H11FN4O4/c19-13-2-4-14(5-3-13)27-16-6-1-11(9-15(16)23(25)26)17-20-10-12-7-8-22(24)18(12)21-17/h1-10,24H. The SMILES string of the molecule is O=[N+]([O-])c1cc(-c2ncc3ccn(O)c3n2)ccc1Oc1ccc(F)cc1. The van der Waals surface area contributed by atoms with Crippen LogP contribution in [0.15, 0.2) is 60.9 Å². The van der Waals surface area contributed by atoms with Gasteiger partial charge >= 0.3 is 5.69 Å². The van der Waals surface area contributed by atoms with E-state index in [0.717, 1.165) is 4.73 Å². The quantitative estimate of drug-likeness (QED) is 0.330. The second kappa shape index (κ2) is 6.37. The van der Waals surface area contributed by atoms with Crippen molar-refractivity contribution in [3.8, 4) is 22.9 Å². The van der Waals surface area contributed by atoms with Gasteiger partial charge in [0.1, 0.15) is 11.6 Å². The van der Waals surface area contributed by atoms with Crippen LogP contribution < -0.4 is 4.74 Å². The van der Waals surface area contributed by atoms with Crippen LogP contribution in [-0.2, 0) is 0 Å². The van der Waals surface area contributed by atoms with Crippen LogP contribution >= 0.6 is 0 Å². The van der Waals surface area contributed by atoms with Gasteiger partial charge in [-0.1, -0.05) is 0 Å². The highest BCUT2D eigenvalue weighted by Gasteiger charge is 2.19. The summed E-state index contributed by atoms with van der Waals surface area (Å²) in [7, 11) is 0. The van der Waals surface area contributed by atoms with E-state index >= 15 is 0 Å². The highest BCUT2D eigenvalue weighted by Crippen LogP contribution is 2.34. The van der Waals surface area contributed by atoms with Gasteiger partial charge in [-0.15, -0.1) is 0 Å². The average Bonchev–Trinajstić information content (AvgIpc) is 3.04. The lowest BCUT2D eigenvalue weighted by molar-refractivity contribution is -0.385. The van der Waals surface area contributed by atoms with Gasteiger partial charge in [0.25, 0.3) is 0 Å². The highest BCUT2D eigenvalue weighted by molar-refractivity contribution is 5.77. The van der Waals surface area contributed by atoms with E-state index in [1.165, 1.54) is 48.8 Å². The number of ether oxygens (including phenoxy) is 1. The van der Waals surface area contributed by atoms with Gasteiger partial charge in [-0.3, -0.25) is 10.1 Å². The van der Waals surface area contributed by atoms with E-state index in [9.17, 15) is 19.7 Å². The van der Waals surface area contributed by atoms with Crippen molar-refractivity contribution in [1.29, 1.82) is 0 Å². The molecule has 2 aromatic carbocycles. The van der Waals surface area contributed by atoms with E-state index in [1.54, 1.807) is 12.1 Å². The maximum atomic E-state index is 13.0. The van der Waals surface area contributed by atoms with E-state index < -0.39 is 10.7 Å². The number of aromatic nitrogens is 3. The number of nitro groups is 1. The van der Waals surface area contributed by atoms with Crippen molar-refractivity contribution in [1.82, 2.24) is 14.7 Å². The Bertz CT molecular complexity index is 1160. The number of rotatable bonds is 4. The van der Waals surface area contributed by atoms with Crippen LogP contribution in [-0.4, -0.2) is 24.8 Å². The molecule has 0 aliphatic rings. The minimum absolute atomic E-state index is 0.00182. The van der Waals surface area contributed by atoms with Crippen LogP contribution in [0.3, 0.4) is 0 Å². The Hall–Kier alpha value is -4.01. The topological polar surface area (TPSA) is 103 Å². The van der Waals surface area contributed by atoms with Gasteiger partial charge in [0.2, 0.25) is 5.75 Å². The van der Waals surface area contributed by atoms with Crippen LogP contribution in [0.25, 0.3) is 22.4 Å². The van der Waals surface area contributed by atoms with Gasteiger partial charge in [0, 0.05) is 29.4 Å². The molecule has 27 heavy (non-hydrogen) atoms. The molecule has 9 heteroatoms. The molecule has 0 fully saturated rings. The maximum absolute atomic E-state index is 13.0. The number of halogens is 1. The molecular weight excluding hydrogens is 355 g/mol. The summed E-state index contributed by atoms with van der Waals surface area (Å²) in [5.41, 5.74) is 0.380. The Morgan fingerprint density at radius 3 is 2.67 bits per heavy atom. The zero-order valence-corrected chi connectivity index (χ0v) is 13.6. The molecule has 0 radical (unpaired) electrons. The summed E-state index contributed by atoms with van der Waals surface area (Å²) in [4.78, 5) is 19.3. The third-order valence-electron chi connectivity index (χ3n) is 3.86. The molecule has 2 heterocycles. The number of benzene rings is 2. The second-order valence-corrected chi connectivity index (χ2v) is 5.63. The lowest BCUT2D eigenvalue weighted by Crippen LogP contribution is -1.97. The van der Waals surface area contributed by atoms with Gasteiger partial charge in [-0.25, -0.2) is 14.4 Å². The van der Waals surface area contributed by atoms with Crippen LogP contribution in [0, 0.1) is 15.9 Å². The summed E-state index contributed by atoms with van der Waals surface area (Å²) in [5.74, 6) is 0.0475. The number of nitrogens with zero attached hydrogens (tertiary/aromatic N) is 4. The smallest absolute Gasteiger partial charge is 0.312 e. The third kappa shape index (κ3) is 3.13. The maximum Gasteiger partial charge on any atom is 0.312 e. The molecule has 0 aliphatic carbocycles. The van der Waals surface area contributed by atoms with E-state index in [4.69, 9.17) is 4.74 Å². The Morgan fingerprint density at radius 2 is 1.93 bits per heavy atom. The first kappa shape index (κ1) is 16.5. The number of nitro benzene ring substituents is 1. The van der Waals surface area contributed by atoms with Crippen molar-refractivity contribution in [2.24, 2.45) is 0 Å². The monoisotopic (exact) mass is 366 g/mol. The van der Waals surface area contributed by atoms with E-state index in [-0.39, 0.29) is 28.7 Å². The van der Waals surface area contributed by atoms with Crippen molar-refractivity contribution >= 4 is 16.7 Å². The predicted octanol–water partition coefficient (Wildman–Crippen LogP) is 4.18. The summed E-state index contributed by atoms with van der Waals surface area (Å²) in [6, 6.07) is 11.1. The molecule has 0 aliphatic heterocycles. The highest BCUT2D eigenvalue weighted by atomic mass is 19.1. The molecule has 0 saturated heterocycles. The minimum atomic E-state index is -0.588. The van der Waals surface area contributed by atoms with Crippen molar-refractivity contribution in [2.75, 3.05) is 0 Å². The Kier molecular flexibility index (Phi) is 3.88. The fourth-order valence-corrected chi connectivity index (χ4v) is 2.56. The van der Waals surface area contributed by atoms with Crippen LogP contribution in [0.2, 0.25) is 0 Å². The first-order chi connectivity index (χ1) is 13.0. The largest absolute Gasteiger partial charge is 0.450 e.